The molecule has 1 aliphatic rings. The van der Waals surface area contributed by atoms with Crippen LogP contribution in [0, 0.1) is 5.92 Å². The van der Waals surface area contributed by atoms with Crippen LogP contribution in [-0.4, -0.2) is 25.5 Å². The highest BCUT2D eigenvalue weighted by atomic mass is 16.5. The summed E-state index contributed by atoms with van der Waals surface area (Å²) >= 11 is 0. The number of Topliss-reactive ketones (excluding diaryl/α,β-unsaturated/α-hetero) is 1. The number of benzene rings is 1. The molecule has 0 saturated carbocycles. The number of hydrogen-bond donors (Lipinski definition) is 2. The van der Waals surface area contributed by atoms with E-state index in [0.29, 0.717) is 17.2 Å². The number of hydrogen-bond acceptors (Lipinski definition) is 4. The first-order valence-electron chi connectivity index (χ1n) is 5.89. The van der Waals surface area contributed by atoms with E-state index in [1.54, 1.807) is 6.07 Å². The Bertz CT molecular complexity index is 412. The molecule has 0 radical (unpaired) electrons. The largest absolute Gasteiger partial charge is 0.398 e. The van der Waals surface area contributed by atoms with Crippen LogP contribution in [0.5, 0.6) is 0 Å². The molecule has 92 valence electrons. The maximum atomic E-state index is 11.4. The van der Waals surface area contributed by atoms with Crippen LogP contribution in [0.2, 0.25) is 0 Å². The van der Waals surface area contributed by atoms with Gasteiger partial charge in [-0.2, -0.15) is 0 Å². The zero-order valence-corrected chi connectivity index (χ0v) is 10.0. The summed E-state index contributed by atoms with van der Waals surface area (Å²) in [5, 5.41) is 3.32. The number of nitrogens with two attached hydrogens (primary N) is 1. The van der Waals surface area contributed by atoms with Crippen molar-refractivity contribution in [2.24, 2.45) is 5.92 Å². The van der Waals surface area contributed by atoms with Gasteiger partial charge in [0.1, 0.15) is 0 Å². The molecule has 4 nitrogen and oxygen atoms in total. The summed E-state index contributed by atoms with van der Waals surface area (Å²) in [4.78, 5) is 11.4. The van der Waals surface area contributed by atoms with E-state index in [4.69, 9.17) is 10.5 Å². The molecule has 1 aromatic rings. The minimum absolute atomic E-state index is 0.00431. The number of carbonyl (C=O) groups excluding carboxylic acids is 1. The van der Waals surface area contributed by atoms with E-state index in [0.717, 1.165) is 31.9 Å². The van der Waals surface area contributed by atoms with E-state index < -0.39 is 0 Å². The highest BCUT2D eigenvalue weighted by Gasteiger charge is 2.15. The minimum Gasteiger partial charge on any atom is -0.398 e. The van der Waals surface area contributed by atoms with Crippen LogP contribution in [0.3, 0.4) is 0 Å². The summed E-state index contributed by atoms with van der Waals surface area (Å²) in [6.45, 7) is 4.08. The third-order valence-electron chi connectivity index (χ3n) is 3.05. The van der Waals surface area contributed by atoms with Crippen molar-refractivity contribution in [3.05, 3.63) is 23.8 Å². The molecule has 4 heteroatoms. The Kier molecular flexibility index (Phi) is 3.64. The number of nitrogen functional groups attached to an aromatic ring is 1. The molecule has 2 rings (SSSR count). The Hall–Kier alpha value is -1.55. The summed E-state index contributed by atoms with van der Waals surface area (Å²) in [6.07, 6.45) is 1.10. The first-order valence-corrected chi connectivity index (χ1v) is 5.89. The van der Waals surface area contributed by atoms with Gasteiger partial charge < -0.3 is 15.8 Å². The van der Waals surface area contributed by atoms with Crippen molar-refractivity contribution in [1.82, 2.24) is 0 Å². The third-order valence-corrected chi connectivity index (χ3v) is 3.05. The predicted octanol–water partition coefficient (Wildman–Crippen LogP) is 1.92. The average molecular weight is 234 g/mol. The standard InChI is InChI=1S/C13H18N2O2/c1-9(16)12-6-11(2-3-13(12)14)15-7-10-4-5-17-8-10/h2-3,6,10,15H,4-5,7-8,14H2,1H3. The molecule has 3 N–H and O–H groups in total. The van der Waals surface area contributed by atoms with Crippen LogP contribution in [-0.2, 0) is 4.74 Å². The lowest BCUT2D eigenvalue weighted by Gasteiger charge is -2.12. The second-order valence-corrected chi connectivity index (χ2v) is 4.47. The lowest BCUT2D eigenvalue weighted by molar-refractivity contribution is 0.101. The van der Waals surface area contributed by atoms with Crippen molar-refractivity contribution in [2.75, 3.05) is 30.8 Å². The number of ketones is 1. The van der Waals surface area contributed by atoms with Crippen molar-refractivity contribution in [2.45, 2.75) is 13.3 Å². The van der Waals surface area contributed by atoms with Crippen LogP contribution in [0.4, 0.5) is 11.4 Å². The van der Waals surface area contributed by atoms with Gasteiger partial charge in [0, 0.05) is 36.0 Å². The van der Waals surface area contributed by atoms with Crippen molar-refractivity contribution >= 4 is 17.2 Å². The first-order chi connectivity index (χ1) is 8.16. The van der Waals surface area contributed by atoms with Gasteiger partial charge in [-0.25, -0.2) is 0 Å². The van der Waals surface area contributed by atoms with Gasteiger partial charge in [-0.3, -0.25) is 4.79 Å². The maximum absolute atomic E-state index is 11.4. The van der Waals surface area contributed by atoms with Crippen molar-refractivity contribution in [1.29, 1.82) is 0 Å². The van der Waals surface area contributed by atoms with Crippen LogP contribution in [0.25, 0.3) is 0 Å². The summed E-state index contributed by atoms with van der Waals surface area (Å²) in [5.41, 5.74) is 7.80. The molecule has 1 unspecified atom stereocenters. The van der Waals surface area contributed by atoms with Gasteiger partial charge in [-0.05, 0) is 31.5 Å². The third kappa shape index (κ3) is 2.97. The van der Waals surface area contributed by atoms with E-state index in [9.17, 15) is 4.79 Å². The Labute approximate surface area is 101 Å². The van der Waals surface area contributed by atoms with Gasteiger partial charge in [0.2, 0.25) is 0 Å². The normalized spacial score (nSPS) is 19.2. The zero-order valence-electron chi connectivity index (χ0n) is 10.0. The molecular formula is C13H18N2O2. The molecule has 1 fully saturated rings. The molecule has 0 aromatic heterocycles. The Morgan fingerprint density at radius 1 is 1.59 bits per heavy atom. The summed E-state index contributed by atoms with van der Waals surface area (Å²) in [7, 11) is 0. The summed E-state index contributed by atoms with van der Waals surface area (Å²) in [5.74, 6) is 0.559. The molecule has 1 aromatic carbocycles. The van der Waals surface area contributed by atoms with Crippen LogP contribution in [0.1, 0.15) is 23.7 Å². The summed E-state index contributed by atoms with van der Waals surface area (Å²) in [6, 6.07) is 5.48. The van der Waals surface area contributed by atoms with Crippen molar-refractivity contribution in [3.8, 4) is 0 Å². The molecule has 1 saturated heterocycles. The molecule has 0 amide bonds. The number of rotatable bonds is 4. The molecular weight excluding hydrogens is 216 g/mol. The van der Waals surface area contributed by atoms with Gasteiger partial charge in [-0.15, -0.1) is 0 Å². The lowest BCUT2D eigenvalue weighted by Crippen LogP contribution is -2.14. The van der Waals surface area contributed by atoms with Crippen molar-refractivity contribution in [3.63, 3.8) is 0 Å². The number of anilines is 2. The zero-order chi connectivity index (χ0) is 12.3. The van der Waals surface area contributed by atoms with E-state index in [1.165, 1.54) is 6.92 Å². The fraction of sp³-hybridized carbons (Fsp3) is 0.462. The second kappa shape index (κ2) is 5.19. The fourth-order valence-electron chi connectivity index (χ4n) is 1.98. The Balaban J connectivity index is 2.00. The monoisotopic (exact) mass is 234 g/mol. The van der Waals surface area contributed by atoms with Crippen LogP contribution < -0.4 is 11.1 Å². The molecule has 0 aliphatic carbocycles. The fourth-order valence-corrected chi connectivity index (χ4v) is 1.98. The highest BCUT2D eigenvalue weighted by Crippen LogP contribution is 2.20. The van der Waals surface area contributed by atoms with Gasteiger partial charge >= 0.3 is 0 Å². The molecule has 1 aliphatic heterocycles. The van der Waals surface area contributed by atoms with E-state index in [-0.39, 0.29) is 5.78 Å². The summed E-state index contributed by atoms with van der Waals surface area (Å²) < 4.78 is 5.31. The smallest absolute Gasteiger partial charge is 0.161 e. The second-order valence-electron chi connectivity index (χ2n) is 4.47. The van der Waals surface area contributed by atoms with Gasteiger partial charge in [0.15, 0.2) is 5.78 Å². The lowest BCUT2D eigenvalue weighted by atomic mass is 10.1. The molecule has 17 heavy (non-hydrogen) atoms. The Morgan fingerprint density at radius 3 is 3.06 bits per heavy atom. The van der Waals surface area contributed by atoms with Crippen LogP contribution >= 0.6 is 0 Å². The first kappa shape index (κ1) is 11.9. The predicted molar refractivity (Wildman–Crippen MR) is 68.3 cm³/mol. The maximum Gasteiger partial charge on any atom is 0.161 e. The number of nitrogens with one attached hydrogen (secondary N) is 1. The quantitative estimate of drug-likeness (QED) is 0.617. The van der Waals surface area contributed by atoms with E-state index in [2.05, 4.69) is 5.32 Å². The van der Waals surface area contributed by atoms with Gasteiger partial charge in [0.25, 0.3) is 0 Å². The topological polar surface area (TPSA) is 64.3 Å². The van der Waals surface area contributed by atoms with Crippen LogP contribution in [0.15, 0.2) is 18.2 Å². The molecule has 0 bridgehead atoms. The molecule has 1 atom stereocenters. The van der Waals surface area contributed by atoms with E-state index in [1.807, 2.05) is 12.1 Å². The number of ether oxygens (including phenoxy) is 1. The highest BCUT2D eigenvalue weighted by molar-refractivity contribution is 5.99. The minimum atomic E-state index is -0.00431. The average Bonchev–Trinajstić information content (AvgIpc) is 2.80. The van der Waals surface area contributed by atoms with Gasteiger partial charge in [-0.1, -0.05) is 0 Å². The Morgan fingerprint density at radius 2 is 2.41 bits per heavy atom. The van der Waals surface area contributed by atoms with Crippen molar-refractivity contribution < 1.29 is 9.53 Å². The number of carbonyl (C=O) groups is 1. The SMILES string of the molecule is CC(=O)c1cc(NCC2CCOC2)ccc1N. The molecule has 1 heterocycles. The van der Waals surface area contributed by atoms with E-state index >= 15 is 0 Å². The van der Waals surface area contributed by atoms with Gasteiger partial charge in [0.05, 0.1) is 6.61 Å². The molecule has 0 spiro atoms.